The Labute approximate surface area is 171 Å². The molecule has 2 saturated heterocycles. The molecule has 0 radical (unpaired) electrons. The number of piperidine rings is 1. The van der Waals surface area contributed by atoms with E-state index in [1.165, 1.54) is 32.1 Å². The van der Waals surface area contributed by atoms with E-state index in [1.54, 1.807) is 18.4 Å². The van der Waals surface area contributed by atoms with E-state index in [0.717, 1.165) is 62.7 Å². The van der Waals surface area contributed by atoms with Crippen LogP contribution in [0.3, 0.4) is 0 Å². The molecule has 2 aromatic rings. The third-order valence-electron chi connectivity index (χ3n) is 6.17. The zero-order chi connectivity index (χ0) is 19.3. The lowest BCUT2D eigenvalue weighted by Gasteiger charge is -2.35. The molecule has 2 aliphatic heterocycles. The van der Waals surface area contributed by atoms with E-state index in [9.17, 15) is 4.79 Å². The van der Waals surface area contributed by atoms with Gasteiger partial charge in [-0.05, 0) is 32.2 Å². The Balaban J connectivity index is 1.60. The van der Waals surface area contributed by atoms with Crippen LogP contribution in [-0.2, 0) is 11.3 Å². The predicted octanol–water partition coefficient (Wildman–Crippen LogP) is 3.80. The molecule has 0 saturated carbocycles. The number of rotatable bonds is 5. The van der Waals surface area contributed by atoms with Crippen LogP contribution in [0.1, 0.15) is 67.5 Å². The lowest BCUT2D eigenvalue weighted by molar-refractivity contribution is 0.0581. The number of carbonyl (C=O) groups is 1. The van der Waals surface area contributed by atoms with Gasteiger partial charge in [-0.1, -0.05) is 25.7 Å². The number of aromatic nitrogens is 2. The number of ether oxygens (including phenoxy) is 1. The highest BCUT2D eigenvalue weighted by Gasteiger charge is 2.29. The van der Waals surface area contributed by atoms with Gasteiger partial charge < -0.3 is 9.64 Å². The first-order chi connectivity index (χ1) is 13.8. The summed E-state index contributed by atoms with van der Waals surface area (Å²) in [6, 6.07) is 0.424. The Morgan fingerprint density at radius 2 is 1.89 bits per heavy atom. The van der Waals surface area contributed by atoms with Gasteiger partial charge in [-0.15, -0.1) is 11.3 Å². The van der Waals surface area contributed by atoms with Crippen LogP contribution in [0.15, 0.2) is 11.6 Å². The molecular formula is C21H32N4O2S. The maximum absolute atomic E-state index is 13.4. The molecule has 4 rings (SSSR count). The van der Waals surface area contributed by atoms with Crippen molar-refractivity contribution in [1.82, 2.24) is 19.2 Å². The van der Waals surface area contributed by atoms with Crippen molar-refractivity contribution < 1.29 is 9.53 Å². The van der Waals surface area contributed by atoms with Crippen molar-refractivity contribution in [3.63, 3.8) is 0 Å². The summed E-state index contributed by atoms with van der Waals surface area (Å²) in [4.78, 5) is 23.6. The van der Waals surface area contributed by atoms with E-state index >= 15 is 0 Å². The average molecular weight is 405 g/mol. The van der Waals surface area contributed by atoms with Crippen LogP contribution in [0.2, 0.25) is 0 Å². The minimum Gasteiger partial charge on any atom is -0.383 e. The standard InChI is InChI=1S/C21H32N4O2S/c1-27-16-17-9-5-8-12-24(17)15-18-19(22-21-25(18)13-14-28-21)20(26)23-10-6-3-2-4-7-11-23/h13-14,17H,2-12,15-16H2,1H3. The van der Waals surface area contributed by atoms with Crippen LogP contribution in [-0.4, -0.2) is 64.5 Å². The molecule has 2 fully saturated rings. The largest absolute Gasteiger partial charge is 0.383 e. The molecule has 2 aliphatic rings. The van der Waals surface area contributed by atoms with Crippen molar-refractivity contribution in [2.45, 2.75) is 64.0 Å². The van der Waals surface area contributed by atoms with E-state index in [4.69, 9.17) is 9.72 Å². The molecule has 0 aromatic carbocycles. The van der Waals surface area contributed by atoms with Gasteiger partial charge in [0.15, 0.2) is 10.7 Å². The molecular weight excluding hydrogens is 372 g/mol. The number of methoxy groups -OCH3 is 1. The van der Waals surface area contributed by atoms with Gasteiger partial charge in [0, 0.05) is 44.4 Å². The van der Waals surface area contributed by atoms with Crippen molar-refractivity contribution in [2.75, 3.05) is 33.4 Å². The molecule has 6 nitrogen and oxygen atoms in total. The smallest absolute Gasteiger partial charge is 0.274 e. The minimum atomic E-state index is 0.119. The van der Waals surface area contributed by atoms with Crippen LogP contribution in [0.25, 0.3) is 4.96 Å². The Bertz CT molecular complexity index is 777. The summed E-state index contributed by atoms with van der Waals surface area (Å²) in [5.41, 5.74) is 1.71. The Morgan fingerprint density at radius 1 is 1.14 bits per heavy atom. The molecule has 7 heteroatoms. The molecule has 1 unspecified atom stereocenters. The summed E-state index contributed by atoms with van der Waals surface area (Å²) in [7, 11) is 1.78. The highest BCUT2D eigenvalue weighted by Crippen LogP contribution is 2.25. The number of nitrogens with zero attached hydrogens (tertiary/aromatic N) is 4. The first-order valence-corrected chi connectivity index (χ1v) is 11.6. The fraction of sp³-hybridized carbons (Fsp3) is 0.714. The number of hydrogen-bond donors (Lipinski definition) is 0. The molecule has 154 valence electrons. The molecule has 4 heterocycles. The molecule has 0 N–H and O–H groups in total. The average Bonchev–Trinajstić information content (AvgIpc) is 3.25. The monoisotopic (exact) mass is 404 g/mol. The van der Waals surface area contributed by atoms with Crippen molar-refractivity contribution in [1.29, 1.82) is 0 Å². The molecule has 0 aliphatic carbocycles. The fourth-order valence-electron chi connectivity index (χ4n) is 4.60. The zero-order valence-electron chi connectivity index (χ0n) is 16.9. The Kier molecular flexibility index (Phi) is 6.65. The van der Waals surface area contributed by atoms with Crippen LogP contribution in [0.5, 0.6) is 0 Å². The number of hydrogen-bond acceptors (Lipinski definition) is 5. The van der Waals surface area contributed by atoms with Crippen molar-refractivity contribution >= 4 is 22.2 Å². The highest BCUT2D eigenvalue weighted by atomic mass is 32.1. The van der Waals surface area contributed by atoms with Gasteiger partial charge in [0.25, 0.3) is 5.91 Å². The van der Waals surface area contributed by atoms with Gasteiger partial charge in [0.05, 0.1) is 12.3 Å². The number of likely N-dealkylation sites (tertiary alicyclic amines) is 2. The Hall–Kier alpha value is -1.44. The summed E-state index contributed by atoms with van der Waals surface area (Å²) >= 11 is 1.60. The van der Waals surface area contributed by atoms with E-state index in [0.29, 0.717) is 11.7 Å². The van der Waals surface area contributed by atoms with Crippen LogP contribution in [0, 0.1) is 0 Å². The second kappa shape index (κ2) is 9.37. The quantitative estimate of drug-likeness (QED) is 0.761. The summed E-state index contributed by atoms with van der Waals surface area (Å²) in [6.07, 6.45) is 11.6. The molecule has 1 atom stereocenters. The molecule has 28 heavy (non-hydrogen) atoms. The van der Waals surface area contributed by atoms with Crippen LogP contribution < -0.4 is 0 Å². The second-order valence-electron chi connectivity index (χ2n) is 8.10. The van der Waals surface area contributed by atoms with Crippen LogP contribution in [0.4, 0.5) is 0 Å². The van der Waals surface area contributed by atoms with Crippen molar-refractivity contribution in [3.8, 4) is 0 Å². The van der Waals surface area contributed by atoms with Gasteiger partial charge in [-0.3, -0.25) is 14.1 Å². The maximum Gasteiger partial charge on any atom is 0.274 e. The van der Waals surface area contributed by atoms with E-state index < -0.39 is 0 Å². The summed E-state index contributed by atoms with van der Waals surface area (Å²) < 4.78 is 7.59. The zero-order valence-corrected chi connectivity index (χ0v) is 17.8. The summed E-state index contributed by atoms with van der Waals surface area (Å²) in [5.74, 6) is 0.119. The highest BCUT2D eigenvalue weighted by molar-refractivity contribution is 7.15. The van der Waals surface area contributed by atoms with E-state index in [2.05, 4.69) is 20.9 Å². The van der Waals surface area contributed by atoms with Gasteiger partial charge in [0.2, 0.25) is 0 Å². The topological polar surface area (TPSA) is 50.1 Å². The van der Waals surface area contributed by atoms with Gasteiger partial charge >= 0.3 is 0 Å². The lowest BCUT2D eigenvalue weighted by Crippen LogP contribution is -2.42. The summed E-state index contributed by atoms with van der Waals surface area (Å²) in [5, 5.41) is 2.05. The van der Waals surface area contributed by atoms with Gasteiger partial charge in [-0.25, -0.2) is 4.98 Å². The fourth-order valence-corrected chi connectivity index (χ4v) is 5.33. The molecule has 2 aromatic heterocycles. The first-order valence-electron chi connectivity index (χ1n) is 10.7. The SMILES string of the molecule is COCC1CCCCN1Cc1c(C(=O)N2CCCCCCC2)nc2sccn12. The number of thiazole rings is 1. The number of fused-ring (bicyclic) bond motifs is 1. The van der Waals surface area contributed by atoms with Gasteiger partial charge in [-0.2, -0.15) is 0 Å². The Morgan fingerprint density at radius 3 is 2.68 bits per heavy atom. The first kappa shape index (κ1) is 19.9. The predicted molar refractivity (Wildman–Crippen MR) is 112 cm³/mol. The number of amides is 1. The van der Waals surface area contributed by atoms with E-state index in [-0.39, 0.29) is 5.91 Å². The molecule has 1 amide bonds. The normalized spacial score (nSPS) is 22.3. The van der Waals surface area contributed by atoms with Crippen molar-refractivity contribution in [2.24, 2.45) is 0 Å². The van der Waals surface area contributed by atoms with E-state index in [1.807, 2.05) is 4.90 Å². The van der Waals surface area contributed by atoms with Gasteiger partial charge in [0.1, 0.15) is 0 Å². The molecule has 0 bridgehead atoms. The second-order valence-corrected chi connectivity index (χ2v) is 8.97. The maximum atomic E-state index is 13.4. The summed E-state index contributed by atoms with van der Waals surface area (Å²) in [6.45, 7) is 4.30. The van der Waals surface area contributed by atoms with Crippen molar-refractivity contribution in [3.05, 3.63) is 23.0 Å². The third kappa shape index (κ3) is 4.26. The van der Waals surface area contributed by atoms with Crippen LogP contribution >= 0.6 is 11.3 Å². The third-order valence-corrected chi connectivity index (χ3v) is 6.92. The number of carbonyl (C=O) groups excluding carboxylic acids is 1. The minimum absolute atomic E-state index is 0.119. The lowest BCUT2D eigenvalue weighted by atomic mass is 10.0. The molecule has 0 spiro atoms. The number of imidazole rings is 1.